The molecule has 0 bridgehead atoms. The second-order valence-corrected chi connectivity index (χ2v) is 9.65. The van der Waals surface area contributed by atoms with E-state index in [2.05, 4.69) is 43.0 Å². The number of nitrogens with zero attached hydrogens (tertiary/aromatic N) is 2. The number of hydrogen-bond acceptors (Lipinski definition) is 3. The summed E-state index contributed by atoms with van der Waals surface area (Å²) in [5, 5.41) is 1.89. The molecule has 0 radical (unpaired) electrons. The van der Waals surface area contributed by atoms with Gasteiger partial charge in [-0.2, -0.15) is 4.31 Å². The minimum atomic E-state index is -3.63. The van der Waals surface area contributed by atoms with Gasteiger partial charge >= 0.3 is 0 Å². The number of anilines is 1. The summed E-state index contributed by atoms with van der Waals surface area (Å²) in [5.41, 5.74) is 2.34. The van der Waals surface area contributed by atoms with Crippen molar-refractivity contribution < 1.29 is 8.42 Å². The van der Waals surface area contributed by atoms with Crippen LogP contribution < -0.4 is 4.90 Å². The van der Waals surface area contributed by atoms with Crippen molar-refractivity contribution in [1.29, 1.82) is 0 Å². The largest absolute Gasteiger partial charge is 0.366 e. The van der Waals surface area contributed by atoms with Crippen LogP contribution in [-0.2, 0) is 10.0 Å². The first-order valence-electron chi connectivity index (χ1n) is 9.38. The Morgan fingerprint density at radius 1 is 0.964 bits per heavy atom. The molecule has 0 aromatic heterocycles. The van der Waals surface area contributed by atoms with Crippen LogP contribution in [0.4, 0.5) is 5.69 Å². The fourth-order valence-electron chi connectivity index (χ4n) is 3.88. The van der Waals surface area contributed by atoms with Crippen molar-refractivity contribution in [2.45, 2.75) is 24.8 Å². The summed E-state index contributed by atoms with van der Waals surface area (Å²) >= 11 is 6.36. The van der Waals surface area contributed by atoms with Crippen molar-refractivity contribution in [2.75, 3.05) is 24.5 Å². The maximum atomic E-state index is 13.4. The van der Waals surface area contributed by atoms with Gasteiger partial charge in [0.25, 0.3) is 0 Å². The van der Waals surface area contributed by atoms with Crippen molar-refractivity contribution in [3.05, 3.63) is 71.2 Å². The fraction of sp³-hybridized carbons (Fsp3) is 0.273. The third-order valence-corrected chi connectivity index (χ3v) is 7.61. The lowest BCUT2D eigenvalue weighted by molar-refractivity contribution is 0.343. The lowest BCUT2D eigenvalue weighted by Gasteiger charge is -2.40. The molecule has 0 amide bonds. The molecule has 3 aromatic rings. The Hall–Kier alpha value is -2.08. The molecule has 1 aliphatic rings. The molecule has 4 rings (SSSR count). The maximum Gasteiger partial charge on any atom is 0.243 e. The Morgan fingerprint density at radius 3 is 2.32 bits per heavy atom. The number of rotatable bonds is 3. The van der Waals surface area contributed by atoms with Gasteiger partial charge in [-0.3, -0.25) is 0 Å². The third-order valence-electron chi connectivity index (χ3n) is 5.39. The van der Waals surface area contributed by atoms with Crippen LogP contribution in [0.1, 0.15) is 12.5 Å². The summed E-state index contributed by atoms with van der Waals surface area (Å²) in [6.45, 7) is 5.67. The highest BCUT2D eigenvalue weighted by Crippen LogP contribution is 2.32. The van der Waals surface area contributed by atoms with E-state index in [9.17, 15) is 8.42 Å². The van der Waals surface area contributed by atoms with Gasteiger partial charge < -0.3 is 4.90 Å². The molecule has 3 aromatic carbocycles. The van der Waals surface area contributed by atoms with E-state index in [1.54, 1.807) is 22.5 Å². The molecule has 146 valence electrons. The van der Waals surface area contributed by atoms with Gasteiger partial charge in [-0.25, -0.2) is 8.42 Å². The molecule has 1 heterocycles. The first kappa shape index (κ1) is 19.2. The molecule has 1 saturated heterocycles. The molecule has 1 atom stereocenters. The zero-order valence-electron chi connectivity index (χ0n) is 16.0. The number of piperazine rings is 1. The molecule has 1 aliphatic heterocycles. The molecule has 1 unspecified atom stereocenters. The van der Waals surface area contributed by atoms with Gasteiger partial charge in [0.2, 0.25) is 10.0 Å². The van der Waals surface area contributed by atoms with Crippen LogP contribution in [-0.4, -0.2) is 38.4 Å². The number of sulfonamides is 1. The van der Waals surface area contributed by atoms with Gasteiger partial charge in [0.1, 0.15) is 0 Å². The van der Waals surface area contributed by atoms with Crippen LogP contribution in [0.3, 0.4) is 0 Å². The SMILES string of the molecule is Cc1ccc(N2CCN(S(=O)(=O)c3cccc4cccc(Cl)c34)CC2C)cc1. The summed E-state index contributed by atoms with van der Waals surface area (Å²) in [7, 11) is -3.63. The molecular formula is C22H23ClN2O2S. The molecule has 0 spiro atoms. The van der Waals surface area contributed by atoms with Gasteiger partial charge in [0, 0.05) is 41.8 Å². The maximum absolute atomic E-state index is 13.4. The smallest absolute Gasteiger partial charge is 0.243 e. The van der Waals surface area contributed by atoms with Gasteiger partial charge in [-0.15, -0.1) is 0 Å². The van der Waals surface area contributed by atoms with Gasteiger partial charge in [0.05, 0.1) is 4.90 Å². The van der Waals surface area contributed by atoms with Crippen molar-refractivity contribution in [2.24, 2.45) is 0 Å². The van der Waals surface area contributed by atoms with Gasteiger partial charge in [-0.05, 0) is 43.5 Å². The highest BCUT2D eigenvalue weighted by Gasteiger charge is 2.33. The topological polar surface area (TPSA) is 40.6 Å². The number of halogens is 1. The highest BCUT2D eigenvalue weighted by atomic mass is 35.5. The summed E-state index contributed by atoms with van der Waals surface area (Å²) in [6, 6.07) is 19.2. The average Bonchev–Trinajstić information content (AvgIpc) is 2.68. The Bertz CT molecular complexity index is 1110. The Labute approximate surface area is 171 Å². The second-order valence-electron chi connectivity index (χ2n) is 7.34. The Morgan fingerprint density at radius 2 is 1.64 bits per heavy atom. The molecule has 6 heteroatoms. The van der Waals surface area contributed by atoms with Crippen molar-refractivity contribution in [3.8, 4) is 0 Å². The van der Waals surface area contributed by atoms with E-state index in [-0.39, 0.29) is 10.9 Å². The summed E-state index contributed by atoms with van der Waals surface area (Å²) in [4.78, 5) is 2.55. The number of aryl methyl sites for hydroxylation is 1. The van der Waals surface area contributed by atoms with Crippen molar-refractivity contribution in [3.63, 3.8) is 0 Å². The van der Waals surface area contributed by atoms with E-state index in [0.29, 0.717) is 30.0 Å². The lowest BCUT2D eigenvalue weighted by atomic mass is 10.1. The first-order valence-corrected chi connectivity index (χ1v) is 11.2. The molecule has 0 N–H and O–H groups in total. The van der Waals surface area contributed by atoms with Crippen LogP contribution in [0.2, 0.25) is 5.02 Å². The van der Waals surface area contributed by atoms with E-state index in [4.69, 9.17) is 11.6 Å². The van der Waals surface area contributed by atoms with E-state index in [1.807, 2.05) is 18.2 Å². The first-order chi connectivity index (χ1) is 13.4. The monoisotopic (exact) mass is 414 g/mol. The number of benzene rings is 3. The number of hydrogen-bond donors (Lipinski definition) is 0. The fourth-order valence-corrected chi connectivity index (χ4v) is 5.97. The van der Waals surface area contributed by atoms with Crippen LogP contribution in [0.15, 0.2) is 65.6 Å². The molecule has 0 aliphatic carbocycles. The van der Waals surface area contributed by atoms with E-state index in [1.165, 1.54) is 5.56 Å². The number of fused-ring (bicyclic) bond motifs is 1. The molecule has 0 saturated carbocycles. The summed E-state index contributed by atoms with van der Waals surface area (Å²) in [5.74, 6) is 0. The normalized spacial score (nSPS) is 18.5. The summed E-state index contributed by atoms with van der Waals surface area (Å²) < 4.78 is 28.5. The lowest BCUT2D eigenvalue weighted by Crippen LogP contribution is -2.53. The van der Waals surface area contributed by atoms with Gasteiger partial charge in [0.15, 0.2) is 0 Å². The predicted molar refractivity (Wildman–Crippen MR) is 116 cm³/mol. The minimum Gasteiger partial charge on any atom is -0.366 e. The van der Waals surface area contributed by atoms with E-state index >= 15 is 0 Å². The Balaban J connectivity index is 1.65. The van der Waals surface area contributed by atoms with Crippen LogP contribution >= 0.6 is 11.6 Å². The zero-order chi connectivity index (χ0) is 19.9. The highest BCUT2D eigenvalue weighted by molar-refractivity contribution is 7.89. The summed E-state index contributed by atoms with van der Waals surface area (Å²) in [6.07, 6.45) is 0. The van der Waals surface area contributed by atoms with Crippen LogP contribution in [0.25, 0.3) is 10.8 Å². The van der Waals surface area contributed by atoms with E-state index in [0.717, 1.165) is 11.1 Å². The Kier molecular flexibility index (Phi) is 5.08. The van der Waals surface area contributed by atoms with Crippen molar-refractivity contribution in [1.82, 2.24) is 4.31 Å². The molecular weight excluding hydrogens is 392 g/mol. The molecule has 4 nitrogen and oxygen atoms in total. The third kappa shape index (κ3) is 3.39. The standard InChI is InChI=1S/C22H23ClN2O2S/c1-16-9-11-19(12-10-16)25-14-13-24(15-17(25)2)28(26,27)21-8-4-6-18-5-3-7-20(23)22(18)21/h3-12,17H,13-15H2,1-2H3. The van der Waals surface area contributed by atoms with Crippen LogP contribution in [0, 0.1) is 6.92 Å². The van der Waals surface area contributed by atoms with E-state index < -0.39 is 10.0 Å². The zero-order valence-corrected chi connectivity index (χ0v) is 17.5. The van der Waals surface area contributed by atoms with Crippen molar-refractivity contribution >= 4 is 38.1 Å². The second kappa shape index (κ2) is 7.39. The quantitative estimate of drug-likeness (QED) is 0.623. The average molecular weight is 415 g/mol. The van der Waals surface area contributed by atoms with Crippen LogP contribution in [0.5, 0.6) is 0 Å². The minimum absolute atomic E-state index is 0.0803. The molecule has 28 heavy (non-hydrogen) atoms. The van der Waals surface area contributed by atoms with Gasteiger partial charge in [-0.1, -0.05) is 53.6 Å². The predicted octanol–water partition coefficient (Wildman–Crippen LogP) is 4.70. The molecule has 1 fully saturated rings.